The molecule has 1 aliphatic rings. The van der Waals surface area contributed by atoms with E-state index >= 15 is 0 Å². The fourth-order valence-electron chi connectivity index (χ4n) is 3.05. The molecule has 0 unspecified atom stereocenters. The van der Waals surface area contributed by atoms with Crippen LogP contribution in [0, 0.1) is 0 Å². The molecule has 0 aromatic heterocycles. The Labute approximate surface area is 150 Å². The Balaban J connectivity index is 1.86. The van der Waals surface area contributed by atoms with Crippen LogP contribution in [0.2, 0.25) is 0 Å². The van der Waals surface area contributed by atoms with Gasteiger partial charge in [-0.25, -0.2) is 0 Å². The van der Waals surface area contributed by atoms with E-state index in [9.17, 15) is 19.5 Å². The Morgan fingerprint density at radius 2 is 1.73 bits per heavy atom. The second kappa shape index (κ2) is 6.93. The molecule has 2 aromatic rings. The van der Waals surface area contributed by atoms with Gasteiger partial charge in [0.25, 0.3) is 5.91 Å². The number of aliphatic hydroxyl groups is 1. The summed E-state index contributed by atoms with van der Waals surface area (Å²) >= 11 is 0. The number of carbonyl (C=O) groups is 3. The van der Waals surface area contributed by atoms with Gasteiger partial charge in [0.1, 0.15) is 6.54 Å². The highest BCUT2D eigenvalue weighted by Crippen LogP contribution is 2.42. The number of primary amides is 1. The number of anilines is 1. The number of ketones is 1. The van der Waals surface area contributed by atoms with E-state index in [2.05, 4.69) is 0 Å². The summed E-state index contributed by atoms with van der Waals surface area (Å²) < 4.78 is 0. The monoisotopic (exact) mass is 350 g/mol. The van der Waals surface area contributed by atoms with Gasteiger partial charge in [0.05, 0.1) is 12.1 Å². The zero-order chi connectivity index (χ0) is 18.7. The molecule has 1 aliphatic heterocycles. The zero-order valence-corrected chi connectivity index (χ0v) is 14.0. The van der Waals surface area contributed by atoms with Crippen molar-refractivity contribution < 1.29 is 19.5 Å². The third-order valence-electron chi connectivity index (χ3n) is 4.24. The van der Waals surface area contributed by atoms with Crippen LogP contribution in [0.15, 0.2) is 60.7 Å². The van der Waals surface area contributed by atoms with E-state index in [4.69, 9.17) is 5.73 Å². The standard InChI is InChI=1S/C20H18N2O4/c21-18(24)13-22-17-9-5-4-8-16(17)20(26,19(22)25)12-15(23)11-10-14-6-2-1-3-7-14/h1-11,26H,12-13H2,(H2,21,24)/b11-10+/t20-/m1/s1. The van der Waals surface area contributed by atoms with Crippen LogP contribution in [0.25, 0.3) is 6.08 Å². The number of amides is 2. The molecule has 3 rings (SSSR count). The number of nitrogens with zero attached hydrogens (tertiary/aromatic N) is 1. The molecule has 0 radical (unpaired) electrons. The van der Waals surface area contributed by atoms with Crippen molar-refractivity contribution in [1.82, 2.24) is 0 Å². The maximum atomic E-state index is 12.7. The SMILES string of the molecule is NC(=O)CN1C(=O)[C@@](O)(CC(=O)/C=C/c2ccccc2)c2ccccc21. The number of hydrogen-bond donors (Lipinski definition) is 2. The first-order chi connectivity index (χ1) is 12.4. The van der Waals surface area contributed by atoms with Crippen LogP contribution in [0.1, 0.15) is 17.5 Å². The van der Waals surface area contributed by atoms with Crippen LogP contribution < -0.4 is 10.6 Å². The Bertz CT molecular complexity index is 892. The highest BCUT2D eigenvalue weighted by atomic mass is 16.3. The average Bonchev–Trinajstić information content (AvgIpc) is 2.83. The molecule has 3 N–H and O–H groups in total. The molecule has 132 valence electrons. The fourth-order valence-corrected chi connectivity index (χ4v) is 3.05. The lowest BCUT2D eigenvalue weighted by atomic mass is 9.89. The van der Waals surface area contributed by atoms with Crippen LogP contribution >= 0.6 is 0 Å². The van der Waals surface area contributed by atoms with Gasteiger partial charge < -0.3 is 10.8 Å². The van der Waals surface area contributed by atoms with Gasteiger partial charge in [0.2, 0.25) is 5.91 Å². The lowest BCUT2D eigenvalue weighted by molar-refractivity contribution is -0.141. The lowest BCUT2D eigenvalue weighted by Gasteiger charge is -2.21. The largest absolute Gasteiger partial charge is 0.375 e. The summed E-state index contributed by atoms with van der Waals surface area (Å²) in [4.78, 5) is 37.5. The molecule has 0 saturated heterocycles. The van der Waals surface area contributed by atoms with Gasteiger partial charge in [-0.3, -0.25) is 19.3 Å². The van der Waals surface area contributed by atoms with Crippen molar-refractivity contribution in [3.63, 3.8) is 0 Å². The van der Waals surface area contributed by atoms with Gasteiger partial charge in [-0.2, -0.15) is 0 Å². The van der Waals surface area contributed by atoms with Gasteiger partial charge in [-0.1, -0.05) is 54.6 Å². The molecule has 26 heavy (non-hydrogen) atoms. The second-order valence-electron chi connectivity index (χ2n) is 6.12. The molecule has 0 spiro atoms. The molecule has 2 amide bonds. The van der Waals surface area contributed by atoms with Gasteiger partial charge in [0.15, 0.2) is 11.4 Å². The third-order valence-corrected chi connectivity index (χ3v) is 4.24. The smallest absolute Gasteiger partial charge is 0.264 e. The van der Waals surface area contributed by atoms with Gasteiger partial charge in [-0.05, 0) is 17.7 Å². The molecule has 1 heterocycles. The minimum atomic E-state index is -2.01. The highest BCUT2D eigenvalue weighted by molar-refractivity contribution is 6.12. The molecule has 0 saturated carbocycles. The van der Waals surface area contributed by atoms with E-state index in [0.717, 1.165) is 10.5 Å². The number of allylic oxidation sites excluding steroid dienone is 1. The lowest BCUT2D eigenvalue weighted by Crippen LogP contribution is -2.44. The van der Waals surface area contributed by atoms with Crippen LogP contribution in [0.3, 0.4) is 0 Å². The van der Waals surface area contributed by atoms with Crippen molar-refractivity contribution in [3.05, 3.63) is 71.8 Å². The van der Waals surface area contributed by atoms with Gasteiger partial charge >= 0.3 is 0 Å². The molecular weight excluding hydrogens is 332 g/mol. The van der Waals surface area contributed by atoms with E-state index in [1.165, 1.54) is 6.08 Å². The number of rotatable bonds is 6. The summed E-state index contributed by atoms with van der Waals surface area (Å²) in [5.41, 5.74) is 4.71. The number of fused-ring (bicyclic) bond motifs is 1. The van der Waals surface area contributed by atoms with Crippen molar-refractivity contribution in [2.75, 3.05) is 11.4 Å². The van der Waals surface area contributed by atoms with Crippen molar-refractivity contribution in [1.29, 1.82) is 0 Å². The highest BCUT2D eigenvalue weighted by Gasteiger charge is 2.50. The first kappa shape index (κ1) is 17.6. The minimum Gasteiger partial charge on any atom is -0.375 e. The Morgan fingerprint density at radius 1 is 1.08 bits per heavy atom. The topological polar surface area (TPSA) is 101 Å². The van der Waals surface area contributed by atoms with Crippen LogP contribution in [-0.2, 0) is 20.0 Å². The van der Waals surface area contributed by atoms with Gasteiger partial charge in [0, 0.05) is 5.56 Å². The Kier molecular flexibility index (Phi) is 4.69. The predicted molar refractivity (Wildman–Crippen MR) is 97.0 cm³/mol. The molecule has 6 nitrogen and oxygen atoms in total. The molecule has 0 bridgehead atoms. The molecule has 6 heteroatoms. The summed E-state index contributed by atoms with van der Waals surface area (Å²) in [6.07, 6.45) is 2.54. The van der Waals surface area contributed by atoms with E-state index in [-0.39, 0.29) is 6.54 Å². The summed E-state index contributed by atoms with van der Waals surface area (Å²) in [5, 5.41) is 11.0. The number of nitrogens with two attached hydrogens (primary N) is 1. The predicted octanol–water partition coefficient (Wildman–Crippen LogP) is 1.38. The Morgan fingerprint density at radius 3 is 2.42 bits per heavy atom. The number of benzene rings is 2. The van der Waals surface area contributed by atoms with Crippen LogP contribution in [0.4, 0.5) is 5.69 Å². The first-order valence-corrected chi connectivity index (χ1v) is 8.10. The summed E-state index contributed by atoms with van der Waals surface area (Å²) in [7, 11) is 0. The molecule has 0 aliphatic carbocycles. The van der Waals surface area contributed by atoms with E-state index in [0.29, 0.717) is 11.3 Å². The number of carbonyl (C=O) groups excluding carboxylic acids is 3. The fraction of sp³-hybridized carbons (Fsp3) is 0.150. The molecular formula is C20H18N2O4. The van der Waals surface area contributed by atoms with Crippen LogP contribution in [-0.4, -0.2) is 29.2 Å². The average molecular weight is 350 g/mol. The maximum absolute atomic E-state index is 12.7. The number of hydrogen-bond acceptors (Lipinski definition) is 4. The minimum absolute atomic E-state index is 0.299. The maximum Gasteiger partial charge on any atom is 0.264 e. The molecule has 1 atom stereocenters. The normalized spacial score (nSPS) is 19.0. The Hall–Kier alpha value is -3.25. The summed E-state index contributed by atoms with van der Waals surface area (Å²) in [6, 6.07) is 15.8. The zero-order valence-electron chi connectivity index (χ0n) is 14.0. The van der Waals surface area contributed by atoms with E-state index in [1.807, 2.05) is 30.3 Å². The van der Waals surface area contributed by atoms with Crippen LogP contribution in [0.5, 0.6) is 0 Å². The second-order valence-corrected chi connectivity index (χ2v) is 6.12. The van der Waals surface area contributed by atoms with Crippen molar-refractivity contribution >= 4 is 29.4 Å². The van der Waals surface area contributed by atoms with E-state index in [1.54, 1.807) is 30.3 Å². The molecule has 0 fully saturated rings. The summed E-state index contributed by atoms with van der Waals surface area (Å²) in [5.74, 6) is -1.83. The van der Waals surface area contributed by atoms with Crippen molar-refractivity contribution in [2.24, 2.45) is 5.73 Å². The van der Waals surface area contributed by atoms with Gasteiger partial charge in [-0.15, -0.1) is 0 Å². The van der Waals surface area contributed by atoms with Crippen molar-refractivity contribution in [2.45, 2.75) is 12.0 Å². The third kappa shape index (κ3) is 3.27. The quantitative estimate of drug-likeness (QED) is 0.769. The van der Waals surface area contributed by atoms with E-state index < -0.39 is 29.6 Å². The first-order valence-electron chi connectivity index (χ1n) is 8.10. The molecule has 2 aromatic carbocycles. The van der Waals surface area contributed by atoms with Crippen molar-refractivity contribution in [3.8, 4) is 0 Å². The summed E-state index contributed by atoms with van der Waals surface area (Å²) in [6.45, 7) is -0.355. The number of para-hydroxylation sites is 1.